The van der Waals surface area contributed by atoms with Crippen LogP contribution in [0.5, 0.6) is 0 Å². The van der Waals surface area contributed by atoms with Crippen molar-refractivity contribution >= 4 is 11.8 Å². The maximum absolute atomic E-state index is 13.1. The van der Waals surface area contributed by atoms with Gasteiger partial charge in [-0.05, 0) is 31.6 Å². The predicted octanol–water partition coefficient (Wildman–Crippen LogP) is 2.61. The molecule has 2 saturated carbocycles. The third-order valence-corrected chi connectivity index (χ3v) is 5.71. The summed E-state index contributed by atoms with van der Waals surface area (Å²) >= 11 is 0. The van der Waals surface area contributed by atoms with Crippen LogP contribution < -0.4 is 5.32 Å². The normalized spacial score (nSPS) is 30.2. The highest BCUT2D eigenvalue weighted by Crippen LogP contribution is 2.41. The molecule has 0 bridgehead atoms. The van der Waals surface area contributed by atoms with Crippen molar-refractivity contribution in [3.63, 3.8) is 0 Å². The van der Waals surface area contributed by atoms with Gasteiger partial charge < -0.3 is 10.2 Å². The summed E-state index contributed by atoms with van der Waals surface area (Å²) in [4.78, 5) is 28.0. The summed E-state index contributed by atoms with van der Waals surface area (Å²) in [6, 6.07) is -0.0337. The first kappa shape index (κ1) is 14.9. The molecular formula is C17H28N2O2. The molecule has 21 heavy (non-hydrogen) atoms. The Balaban J connectivity index is 1.96. The molecule has 3 aliphatic rings. The number of carbonyl (C=O) groups excluding carboxylic acids is 2. The molecule has 0 aromatic carbocycles. The van der Waals surface area contributed by atoms with Gasteiger partial charge >= 0.3 is 0 Å². The maximum Gasteiger partial charge on any atom is 0.246 e. The van der Waals surface area contributed by atoms with Crippen molar-refractivity contribution in [2.75, 3.05) is 0 Å². The van der Waals surface area contributed by atoms with E-state index in [0.29, 0.717) is 6.04 Å². The smallest absolute Gasteiger partial charge is 0.246 e. The van der Waals surface area contributed by atoms with E-state index in [1.165, 1.54) is 19.3 Å². The molecular weight excluding hydrogens is 264 g/mol. The number of nitrogens with one attached hydrogen (secondary N) is 1. The van der Waals surface area contributed by atoms with Crippen LogP contribution in [0.25, 0.3) is 0 Å². The fourth-order valence-electron chi connectivity index (χ4n) is 4.56. The van der Waals surface area contributed by atoms with Crippen LogP contribution in [0.3, 0.4) is 0 Å². The first-order chi connectivity index (χ1) is 10.1. The largest absolute Gasteiger partial charge is 0.342 e. The van der Waals surface area contributed by atoms with Crippen molar-refractivity contribution in [2.45, 2.75) is 89.3 Å². The second-order valence-electron chi connectivity index (χ2n) is 7.43. The number of carbonyl (C=O) groups is 2. The zero-order valence-electron chi connectivity index (χ0n) is 13.4. The van der Waals surface area contributed by atoms with Gasteiger partial charge in [0.15, 0.2) is 0 Å². The van der Waals surface area contributed by atoms with Crippen LogP contribution in [0.15, 0.2) is 0 Å². The second-order valence-corrected chi connectivity index (χ2v) is 7.43. The lowest BCUT2D eigenvalue weighted by Crippen LogP contribution is -2.73. The Hall–Kier alpha value is -1.06. The SMILES string of the molecule is CC(C)C1NC(=O)C2(CCCCC2)N(C2CCCC2)C1=O. The Labute approximate surface area is 127 Å². The molecule has 3 rings (SSSR count). The molecule has 0 aromatic heterocycles. The molecule has 0 radical (unpaired) electrons. The summed E-state index contributed by atoms with van der Waals surface area (Å²) in [7, 11) is 0. The van der Waals surface area contributed by atoms with Gasteiger partial charge in [-0.2, -0.15) is 0 Å². The number of hydrogen-bond donors (Lipinski definition) is 1. The maximum atomic E-state index is 13.1. The van der Waals surface area contributed by atoms with Crippen molar-refractivity contribution in [3.05, 3.63) is 0 Å². The van der Waals surface area contributed by atoms with Gasteiger partial charge in [0, 0.05) is 6.04 Å². The molecule has 0 aromatic rings. The second kappa shape index (κ2) is 5.62. The van der Waals surface area contributed by atoms with Gasteiger partial charge in [-0.15, -0.1) is 0 Å². The molecule has 4 nitrogen and oxygen atoms in total. The van der Waals surface area contributed by atoms with Gasteiger partial charge in [0.05, 0.1) is 0 Å². The number of piperazine rings is 1. The van der Waals surface area contributed by atoms with Gasteiger partial charge in [-0.25, -0.2) is 0 Å². The standard InChI is InChI=1S/C17H28N2O2/c1-12(2)14-15(20)19(13-8-4-5-9-13)17(16(21)18-14)10-6-3-7-11-17/h12-14H,3-11H2,1-2H3,(H,18,21). The third kappa shape index (κ3) is 2.36. The number of nitrogens with zero attached hydrogens (tertiary/aromatic N) is 1. The van der Waals surface area contributed by atoms with E-state index in [1.54, 1.807) is 0 Å². The summed E-state index contributed by atoms with van der Waals surface area (Å²) in [5, 5.41) is 3.05. The van der Waals surface area contributed by atoms with Gasteiger partial charge in [0.25, 0.3) is 0 Å². The lowest BCUT2D eigenvalue weighted by Gasteiger charge is -2.53. The highest BCUT2D eigenvalue weighted by Gasteiger charge is 2.55. The van der Waals surface area contributed by atoms with E-state index < -0.39 is 5.54 Å². The number of rotatable bonds is 2. The third-order valence-electron chi connectivity index (χ3n) is 5.71. The van der Waals surface area contributed by atoms with Crippen molar-refractivity contribution in [2.24, 2.45) is 5.92 Å². The van der Waals surface area contributed by atoms with Crippen LogP contribution in [0.2, 0.25) is 0 Å². The first-order valence-electron chi connectivity index (χ1n) is 8.70. The highest BCUT2D eigenvalue weighted by molar-refractivity contribution is 6.00. The van der Waals surface area contributed by atoms with Crippen molar-refractivity contribution in [3.8, 4) is 0 Å². The zero-order valence-corrected chi connectivity index (χ0v) is 13.4. The van der Waals surface area contributed by atoms with Crippen LogP contribution in [0.4, 0.5) is 0 Å². The van der Waals surface area contributed by atoms with E-state index in [4.69, 9.17) is 0 Å². The molecule has 4 heteroatoms. The van der Waals surface area contributed by atoms with E-state index in [1.807, 2.05) is 13.8 Å². The minimum Gasteiger partial charge on any atom is -0.342 e. The van der Waals surface area contributed by atoms with E-state index in [9.17, 15) is 9.59 Å². The first-order valence-corrected chi connectivity index (χ1v) is 8.70. The Bertz CT molecular complexity index is 421. The Morgan fingerprint density at radius 2 is 1.67 bits per heavy atom. The van der Waals surface area contributed by atoms with Crippen molar-refractivity contribution in [1.82, 2.24) is 10.2 Å². The van der Waals surface area contributed by atoms with Crippen LogP contribution >= 0.6 is 0 Å². The van der Waals surface area contributed by atoms with Gasteiger partial charge in [-0.3, -0.25) is 9.59 Å². The summed E-state index contributed by atoms with van der Waals surface area (Å²) in [6.07, 6.45) is 9.56. The summed E-state index contributed by atoms with van der Waals surface area (Å²) < 4.78 is 0. The molecule has 3 fully saturated rings. The summed E-state index contributed by atoms with van der Waals surface area (Å²) in [6.45, 7) is 4.04. The Morgan fingerprint density at radius 3 is 2.24 bits per heavy atom. The van der Waals surface area contributed by atoms with Crippen molar-refractivity contribution in [1.29, 1.82) is 0 Å². The van der Waals surface area contributed by atoms with E-state index in [-0.39, 0.29) is 23.8 Å². The van der Waals surface area contributed by atoms with Crippen LogP contribution in [-0.2, 0) is 9.59 Å². The molecule has 118 valence electrons. The number of hydrogen-bond acceptors (Lipinski definition) is 2. The number of amides is 2. The summed E-state index contributed by atoms with van der Waals surface area (Å²) in [5.74, 6) is 0.456. The Morgan fingerprint density at radius 1 is 1.05 bits per heavy atom. The molecule has 2 amide bonds. The minimum absolute atomic E-state index is 0.118. The molecule has 1 spiro atoms. The molecule has 1 aliphatic heterocycles. The minimum atomic E-state index is -0.532. The lowest BCUT2D eigenvalue weighted by atomic mass is 9.75. The Kier molecular flexibility index (Phi) is 3.98. The van der Waals surface area contributed by atoms with Crippen LogP contribution in [0, 0.1) is 5.92 Å². The predicted molar refractivity (Wildman–Crippen MR) is 81.7 cm³/mol. The molecule has 1 unspecified atom stereocenters. The molecule has 1 saturated heterocycles. The fourth-order valence-corrected chi connectivity index (χ4v) is 4.56. The van der Waals surface area contributed by atoms with Gasteiger partial charge in [-0.1, -0.05) is 46.0 Å². The topological polar surface area (TPSA) is 49.4 Å². The van der Waals surface area contributed by atoms with Gasteiger partial charge in [0.1, 0.15) is 11.6 Å². The molecule has 1 heterocycles. The van der Waals surface area contributed by atoms with E-state index >= 15 is 0 Å². The fraction of sp³-hybridized carbons (Fsp3) is 0.882. The van der Waals surface area contributed by atoms with Gasteiger partial charge in [0.2, 0.25) is 11.8 Å². The monoisotopic (exact) mass is 292 g/mol. The summed E-state index contributed by atoms with van der Waals surface area (Å²) in [5.41, 5.74) is -0.532. The lowest BCUT2D eigenvalue weighted by molar-refractivity contribution is -0.165. The molecule has 1 atom stereocenters. The zero-order chi connectivity index (χ0) is 15.0. The van der Waals surface area contributed by atoms with Crippen molar-refractivity contribution < 1.29 is 9.59 Å². The molecule has 2 aliphatic carbocycles. The molecule has 1 N–H and O–H groups in total. The van der Waals surface area contributed by atoms with E-state index in [0.717, 1.165) is 38.5 Å². The average Bonchev–Trinajstić information content (AvgIpc) is 2.98. The van der Waals surface area contributed by atoms with E-state index in [2.05, 4.69) is 10.2 Å². The highest BCUT2D eigenvalue weighted by atomic mass is 16.2. The van der Waals surface area contributed by atoms with Crippen LogP contribution in [0.1, 0.15) is 71.6 Å². The quantitative estimate of drug-likeness (QED) is 0.850. The van der Waals surface area contributed by atoms with Crippen LogP contribution in [-0.4, -0.2) is 34.3 Å². The average molecular weight is 292 g/mol.